The third-order valence-electron chi connectivity index (χ3n) is 3.16. The quantitative estimate of drug-likeness (QED) is 0.874. The number of hydrogen-bond acceptors (Lipinski definition) is 5. The molecule has 18 heavy (non-hydrogen) atoms. The largest absolute Gasteiger partial charge is 0.312 e. The van der Waals surface area contributed by atoms with Crippen molar-refractivity contribution in [3.63, 3.8) is 0 Å². The van der Waals surface area contributed by atoms with Crippen LogP contribution in [0.25, 0.3) is 0 Å². The maximum atomic E-state index is 11.1. The van der Waals surface area contributed by atoms with Crippen LogP contribution in [0.5, 0.6) is 0 Å². The van der Waals surface area contributed by atoms with E-state index in [1.807, 2.05) is 7.05 Å². The Kier molecular flexibility index (Phi) is 3.52. The third-order valence-corrected chi connectivity index (χ3v) is 5.23. The van der Waals surface area contributed by atoms with Crippen LogP contribution in [-0.2, 0) is 22.2 Å². The van der Waals surface area contributed by atoms with Crippen molar-refractivity contribution in [2.75, 3.05) is 7.05 Å². The Morgan fingerprint density at radius 1 is 1.56 bits per heavy atom. The van der Waals surface area contributed by atoms with Crippen molar-refractivity contribution in [1.82, 2.24) is 10.3 Å². The lowest BCUT2D eigenvalue weighted by Crippen LogP contribution is -2.30. The Hall–Kier alpha value is -0.500. The van der Waals surface area contributed by atoms with Crippen molar-refractivity contribution in [1.29, 1.82) is 0 Å². The first-order valence-corrected chi connectivity index (χ1v) is 8.39. The van der Waals surface area contributed by atoms with Crippen molar-refractivity contribution in [3.05, 3.63) is 15.6 Å². The van der Waals surface area contributed by atoms with Crippen LogP contribution in [0.4, 0.5) is 0 Å². The van der Waals surface area contributed by atoms with Crippen LogP contribution in [0.3, 0.4) is 0 Å². The van der Waals surface area contributed by atoms with Crippen LogP contribution in [0.1, 0.15) is 41.9 Å². The second kappa shape index (κ2) is 4.56. The molecule has 1 atom stereocenters. The van der Waals surface area contributed by atoms with Gasteiger partial charge < -0.3 is 5.32 Å². The van der Waals surface area contributed by atoms with E-state index < -0.39 is 10.0 Å². The summed E-state index contributed by atoms with van der Waals surface area (Å²) in [5, 5.41) is 8.95. The van der Waals surface area contributed by atoms with Crippen LogP contribution in [-0.4, -0.2) is 20.4 Å². The lowest BCUT2D eigenvalue weighted by molar-refractivity contribution is 0.265. The fourth-order valence-electron chi connectivity index (χ4n) is 2.45. The molecule has 1 aliphatic rings. The topological polar surface area (TPSA) is 85.1 Å². The molecule has 2 rings (SSSR count). The molecule has 0 bridgehead atoms. The lowest BCUT2D eigenvalue weighted by Gasteiger charge is -2.34. The number of rotatable bonds is 3. The highest BCUT2D eigenvalue weighted by atomic mass is 32.2. The molecular weight excluding hydrogens is 270 g/mol. The van der Waals surface area contributed by atoms with E-state index >= 15 is 0 Å². The highest BCUT2D eigenvalue weighted by molar-refractivity contribution is 7.88. The third kappa shape index (κ3) is 3.09. The maximum Gasteiger partial charge on any atom is 0.215 e. The molecule has 7 heteroatoms. The summed E-state index contributed by atoms with van der Waals surface area (Å²) in [6.07, 6.45) is 1.93. The Morgan fingerprint density at radius 2 is 2.22 bits per heavy atom. The number of hydrogen-bond donors (Lipinski definition) is 2. The number of nitrogens with zero attached hydrogens (tertiary/aromatic N) is 1. The van der Waals surface area contributed by atoms with Gasteiger partial charge in [0.25, 0.3) is 0 Å². The standard InChI is InChI=1S/C11H19N3O2S2/c1-11(2)4-7(13-3)10-8(5-11)14-9(17-10)6-18(12,15)16/h7,13H,4-6H2,1-3H3,(H2,12,15,16). The minimum Gasteiger partial charge on any atom is -0.312 e. The van der Waals surface area contributed by atoms with E-state index in [9.17, 15) is 8.42 Å². The molecule has 3 N–H and O–H groups in total. The fourth-order valence-corrected chi connectivity index (χ4v) is 4.58. The molecule has 102 valence electrons. The molecule has 0 aliphatic heterocycles. The molecule has 0 saturated carbocycles. The van der Waals surface area contributed by atoms with Crippen LogP contribution < -0.4 is 10.5 Å². The first kappa shape index (κ1) is 13.9. The Morgan fingerprint density at radius 3 is 2.78 bits per heavy atom. The molecule has 1 unspecified atom stereocenters. The molecule has 1 aliphatic carbocycles. The monoisotopic (exact) mass is 289 g/mol. The van der Waals surface area contributed by atoms with Gasteiger partial charge in [-0.05, 0) is 25.3 Å². The van der Waals surface area contributed by atoms with E-state index in [2.05, 4.69) is 24.1 Å². The van der Waals surface area contributed by atoms with Gasteiger partial charge in [0.1, 0.15) is 10.8 Å². The Balaban J connectivity index is 2.35. The van der Waals surface area contributed by atoms with Gasteiger partial charge >= 0.3 is 0 Å². The van der Waals surface area contributed by atoms with E-state index in [0.717, 1.165) is 23.4 Å². The van der Waals surface area contributed by atoms with E-state index in [1.165, 1.54) is 11.3 Å². The molecule has 0 amide bonds. The summed E-state index contributed by atoms with van der Waals surface area (Å²) in [7, 11) is -1.58. The van der Waals surface area contributed by atoms with E-state index in [4.69, 9.17) is 5.14 Å². The summed E-state index contributed by atoms with van der Waals surface area (Å²) < 4.78 is 22.2. The van der Waals surface area contributed by atoms with Crippen molar-refractivity contribution < 1.29 is 8.42 Å². The SMILES string of the molecule is CNC1CC(C)(C)Cc2nc(CS(N)(=O)=O)sc21. The molecular formula is C11H19N3O2S2. The normalized spacial score (nSPS) is 22.8. The minimum absolute atomic E-state index is 0.165. The number of nitrogens with one attached hydrogen (secondary N) is 1. The summed E-state index contributed by atoms with van der Waals surface area (Å²) in [6.45, 7) is 4.41. The summed E-state index contributed by atoms with van der Waals surface area (Å²) in [5.74, 6) is -0.165. The summed E-state index contributed by atoms with van der Waals surface area (Å²) in [5.41, 5.74) is 1.21. The molecule has 0 saturated heterocycles. The van der Waals surface area contributed by atoms with E-state index in [0.29, 0.717) is 5.01 Å². The highest BCUT2D eigenvalue weighted by Crippen LogP contribution is 2.42. The van der Waals surface area contributed by atoms with Crippen molar-refractivity contribution in [2.24, 2.45) is 10.6 Å². The molecule has 1 heterocycles. The van der Waals surface area contributed by atoms with Gasteiger partial charge in [-0.3, -0.25) is 0 Å². The molecule has 1 aromatic heterocycles. The van der Waals surface area contributed by atoms with Gasteiger partial charge in [-0.15, -0.1) is 11.3 Å². The number of primary sulfonamides is 1. The van der Waals surface area contributed by atoms with Gasteiger partial charge in [-0.2, -0.15) is 0 Å². The zero-order chi connectivity index (χ0) is 13.6. The van der Waals surface area contributed by atoms with E-state index in [1.54, 1.807) is 0 Å². The van der Waals surface area contributed by atoms with Crippen LogP contribution in [0.2, 0.25) is 0 Å². The number of thiazole rings is 1. The van der Waals surface area contributed by atoms with Gasteiger partial charge in [0.15, 0.2) is 0 Å². The lowest BCUT2D eigenvalue weighted by atomic mass is 9.76. The Bertz CT molecular complexity index is 549. The predicted molar refractivity (Wildman–Crippen MR) is 72.8 cm³/mol. The predicted octanol–water partition coefficient (Wildman–Crippen LogP) is 1.16. The zero-order valence-corrected chi connectivity index (χ0v) is 12.5. The van der Waals surface area contributed by atoms with Gasteiger partial charge in [0.2, 0.25) is 10.0 Å². The van der Waals surface area contributed by atoms with Gasteiger partial charge in [-0.1, -0.05) is 13.8 Å². The average Bonchev–Trinajstić information content (AvgIpc) is 2.53. The summed E-state index contributed by atoms with van der Waals surface area (Å²) in [6, 6.07) is 0.260. The summed E-state index contributed by atoms with van der Waals surface area (Å²) in [4.78, 5) is 5.61. The smallest absolute Gasteiger partial charge is 0.215 e. The van der Waals surface area contributed by atoms with Crippen molar-refractivity contribution in [2.45, 2.75) is 38.5 Å². The first-order chi connectivity index (χ1) is 8.20. The van der Waals surface area contributed by atoms with Crippen molar-refractivity contribution in [3.8, 4) is 0 Å². The average molecular weight is 289 g/mol. The molecule has 0 aromatic carbocycles. The minimum atomic E-state index is -3.50. The van der Waals surface area contributed by atoms with E-state index in [-0.39, 0.29) is 17.2 Å². The van der Waals surface area contributed by atoms with Crippen molar-refractivity contribution >= 4 is 21.4 Å². The first-order valence-electron chi connectivity index (χ1n) is 5.86. The number of fused-ring (bicyclic) bond motifs is 1. The molecule has 5 nitrogen and oxygen atoms in total. The van der Waals surface area contributed by atoms with Gasteiger partial charge in [0.05, 0.1) is 5.69 Å². The van der Waals surface area contributed by atoms with Crippen LogP contribution in [0.15, 0.2) is 0 Å². The molecule has 0 spiro atoms. The maximum absolute atomic E-state index is 11.1. The van der Waals surface area contributed by atoms with Crippen LogP contribution >= 0.6 is 11.3 Å². The second-order valence-corrected chi connectivity index (χ2v) is 8.34. The molecule has 0 fully saturated rings. The highest BCUT2D eigenvalue weighted by Gasteiger charge is 2.34. The zero-order valence-electron chi connectivity index (χ0n) is 10.9. The fraction of sp³-hybridized carbons (Fsp3) is 0.727. The molecule has 1 aromatic rings. The summed E-state index contributed by atoms with van der Waals surface area (Å²) >= 11 is 1.46. The Labute approximate surface area is 112 Å². The molecule has 0 radical (unpaired) electrons. The van der Waals surface area contributed by atoms with Gasteiger partial charge in [0, 0.05) is 10.9 Å². The van der Waals surface area contributed by atoms with Crippen LogP contribution in [0, 0.1) is 5.41 Å². The second-order valence-electron chi connectivity index (χ2n) is 5.61. The van der Waals surface area contributed by atoms with Gasteiger partial charge in [-0.25, -0.2) is 18.5 Å². The number of sulfonamides is 1. The number of aromatic nitrogens is 1. The number of nitrogens with two attached hydrogens (primary N) is 1.